The highest BCUT2D eigenvalue weighted by atomic mass is 16.6. The molecule has 7 heteroatoms. The van der Waals surface area contributed by atoms with Gasteiger partial charge in [-0.15, -0.1) is 0 Å². The van der Waals surface area contributed by atoms with Crippen molar-refractivity contribution in [2.24, 2.45) is 0 Å². The second-order valence-corrected chi connectivity index (χ2v) is 5.49. The van der Waals surface area contributed by atoms with E-state index in [1.54, 1.807) is 37.4 Å². The largest absolute Gasteiger partial charge is 0.497 e. The van der Waals surface area contributed by atoms with E-state index >= 15 is 0 Å². The summed E-state index contributed by atoms with van der Waals surface area (Å²) < 4.78 is 15.6. The third-order valence-electron chi connectivity index (χ3n) is 3.68. The molecule has 0 bridgehead atoms. The molecule has 0 aliphatic carbocycles. The van der Waals surface area contributed by atoms with Crippen molar-refractivity contribution in [1.29, 1.82) is 0 Å². The number of rotatable bonds is 7. The molecule has 0 saturated heterocycles. The first kappa shape index (κ1) is 17.5. The lowest BCUT2D eigenvalue weighted by molar-refractivity contribution is 0.102. The van der Waals surface area contributed by atoms with Gasteiger partial charge in [0.15, 0.2) is 5.69 Å². The van der Waals surface area contributed by atoms with Crippen molar-refractivity contribution in [3.8, 4) is 22.8 Å². The van der Waals surface area contributed by atoms with E-state index < -0.39 is 0 Å². The molecule has 1 amide bonds. The summed E-state index contributed by atoms with van der Waals surface area (Å²) in [6, 6.07) is 14.3. The van der Waals surface area contributed by atoms with Crippen LogP contribution in [0.3, 0.4) is 0 Å². The van der Waals surface area contributed by atoms with Gasteiger partial charge in [-0.2, -0.15) is 0 Å². The Kier molecular flexibility index (Phi) is 5.48. The number of anilines is 1. The molecule has 0 radical (unpaired) electrons. The number of carbonyl (C=O) groups excluding carboxylic acids is 1. The highest BCUT2D eigenvalue weighted by Crippen LogP contribution is 2.27. The highest BCUT2D eigenvalue weighted by molar-refractivity contribution is 6.07. The second kappa shape index (κ2) is 8.15. The molecule has 7 nitrogen and oxygen atoms in total. The zero-order valence-electron chi connectivity index (χ0n) is 14.6. The monoisotopic (exact) mass is 353 g/mol. The Morgan fingerprint density at radius 2 is 1.88 bits per heavy atom. The lowest BCUT2D eigenvalue weighted by atomic mass is 10.1. The van der Waals surface area contributed by atoms with Gasteiger partial charge < -0.3 is 14.8 Å². The molecule has 26 heavy (non-hydrogen) atoms. The minimum absolute atomic E-state index is 0.241. The summed E-state index contributed by atoms with van der Waals surface area (Å²) in [5.41, 5.74) is 1.61. The number of amides is 1. The smallest absolute Gasteiger partial charge is 0.260 e. The molecular formula is C19H19N3O4. The Hall–Kier alpha value is -3.35. The number of hydrogen-bond acceptors (Lipinski definition) is 6. The Bertz CT molecular complexity index is 875. The number of ether oxygens (including phenoxy) is 2. The molecule has 1 aromatic heterocycles. The van der Waals surface area contributed by atoms with Gasteiger partial charge in [0.25, 0.3) is 5.91 Å². The van der Waals surface area contributed by atoms with Crippen molar-refractivity contribution >= 4 is 11.7 Å². The summed E-state index contributed by atoms with van der Waals surface area (Å²) >= 11 is 0. The van der Waals surface area contributed by atoms with Crippen LogP contribution in [0.4, 0.5) is 5.82 Å². The molecule has 134 valence electrons. The zero-order chi connectivity index (χ0) is 18.4. The second-order valence-electron chi connectivity index (χ2n) is 5.49. The van der Waals surface area contributed by atoms with Gasteiger partial charge in [0.05, 0.1) is 19.3 Å². The summed E-state index contributed by atoms with van der Waals surface area (Å²) in [7, 11) is 1.59. The van der Waals surface area contributed by atoms with Crippen LogP contribution >= 0.6 is 0 Å². The fourth-order valence-electron chi connectivity index (χ4n) is 2.38. The summed E-state index contributed by atoms with van der Waals surface area (Å²) in [4.78, 5) is 12.7. The standard InChI is InChI=1S/C19H19N3O4/c1-3-12-25-16-7-5-4-6-15(16)19(23)20-18-17(21-26-22-18)13-8-10-14(24-2)11-9-13/h4-11H,3,12H2,1-2H3,(H,20,22,23). The average molecular weight is 353 g/mol. The molecule has 0 atom stereocenters. The Balaban J connectivity index is 1.82. The number of methoxy groups -OCH3 is 1. The van der Waals surface area contributed by atoms with Crippen molar-refractivity contribution in [3.05, 3.63) is 54.1 Å². The molecular weight excluding hydrogens is 334 g/mol. The van der Waals surface area contributed by atoms with Crippen molar-refractivity contribution in [1.82, 2.24) is 10.3 Å². The first-order valence-corrected chi connectivity index (χ1v) is 8.23. The quantitative estimate of drug-likeness (QED) is 0.695. The number of carbonyl (C=O) groups is 1. The summed E-state index contributed by atoms with van der Waals surface area (Å²) in [6.07, 6.45) is 0.852. The number of aromatic nitrogens is 2. The third kappa shape index (κ3) is 3.83. The number of hydrogen-bond donors (Lipinski definition) is 1. The van der Waals surface area contributed by atoms with Crippen LogP contribution in [0.2, 0.25) is 0 Å². The van der Waals surface area contributed by atoms with E-state index in [1.807, 2.05) is 25.1 Å². The average Bonchev–Trinajstić information content (AvgIpc) is 3.14. The fraction of sp³-hybridized carbons (Fsp3) is 0.211. The molecule has 0 aliphatic rings. The molecule has 3 aromatic rings. The van der Waals surface area contributed by atoms with Gasteiger partial charge in [-0.25, -0.2) is 4.63 Å². The van der Waals surface area contributed by atoms with Crippen molar-refractivity contribution < 1.29 is 18.9 Å². The first-order valence-electron chi connectivity index (χ1n) is 8.23. The van der Waals surface area contributed by atoms with Crippen LogP contribution in [0.1, 0.15) is 23.7 Å². The summed E-state index contributed by atoms with van der Waals surface area (Å²) in [6.45, 7) is 2.54. The zero-order valence-corrected chi connectivity index (χ0v) is 14.6. The van der Waals surface area contributed by atoms with Crippen LogP contribution in [0.5, 0.6) is 11.5 Å². The summed E-state index contributed by atoms with van der Waals surface area (Å²) in [5, 5.41) is 10.4. The predicted octanol–water partition coefficient (Wildman–Crippen LogP) is 3.79. The third-order valence-corrected chi connectivity index (χ3v) is 3.68. The maximum absolute atomic E-state index is 12.7. The summed E-state index contributed by atoms with van der Waals surface area (Å²) in [5.74, 6) is 1.14. The molecule has 0 saturated carbocycles. The number of para-hydroxylation sites is 1. The van der Waals surface area contributed by atoms with E-state index in [9.17, 15) is 4.79 Å². The van der Waals surface area contributed by atoms with Crippen LogP contribution in [0.15, 0.2) is 53.2 Å². The van der Waals surface area contributed by atoms with Gasteiger partial charge in [-0.05, 0) is 53.1 Å². The molecule has 2 aromatic carbocycles. The Labute approximate surface area is 150 Å². The van der Waals surface area contributed by atoms with E-state index in [0.717, 1.165) is 17.7 Å². The van der Waals surface area contributed by atoms with E-state index in [2.05, 4.69) is 15.6 Å². The maximum atomic E-state index is 12.7. The van der Waals surface area contributed by atoms with Gasteiger partial charge in [0, 0.05) is 5.56 Å². The van der Waals surface area contributed by atoms with E-state index in [-0.39, 0.29) is 11.7 Å². The SMILES string of the molecule is CCCOc1ccccc1C(=O)Nc1nonc1-c1ccc(OC)cc1. The van der Waals surface area contributed by atoms with Gasteiger partial charge >= 0.3 is 0 Å². The number of nitrogens with one attached hydrogen (secondary N) is 1. The molecule has 1 N–H and O–H groups in total. The predicted molar refractivity (Wildman–Crippen MR) is 96.5 cm³/mol. The van der Waals surface area contributed by atoms with Crippen LogP contribution in [0, 0.1) is 0 Å². The lowest BCUT2D eigenvalue weighted by Gasteiger charge is -2.10. The topological polar surface area (TPSA) is 86.5 Å². The van der Waals surface area contributed by atoms with Crippen molar-refractivity contribution in [2.45, 2.75) is 13.3 Å². The number of benzene rings is 2. The molecule has 0 unspecified atom stereocenters. The Morgan fingerprint density at radius 3 is 2.62 bits per heavy atom. The van der Waals surface area contributed by atoms with Crippen LogP contribution in [-0.4, -0.2) is 29.9 Å². The van der Waals surface area contributed by atoms with Crippen molar-refractivity contribution in [3.63, 3.8) is 0 Å². The van der Waals surface area contributed by atoms with Crippen LogP contribution < -0.4 is 14.8 Å². The van der Waals surface area contributed by atoms with Crippen molar-refractivity contribution in [2.75, 3.05) is 19.0 Å². The molecule has 3 rings (SSSR count). The van der Waals surface area contributed by atoms with Gasteiger partial charge in [-0.3, -0.25) is 4.79 Å². The minimum Gasteiger partial charge on any atom is -0.497 e. The molecule has 0 fully saturated rings. The fourth-order valence-corrected chi connectivity index (χ4v) is 2.38. The maximum Gasteiger partial charge on any atom is 0.260 e. The normalized spacial score (nSPS) is 10.4. The highest BCUT2D eigenvalue weighted by Gasteiger charge is 2.18. The van der Waals surface area contributed by atoms with E-state index in [0.29, 0.717) is 23.6 Å². The number of nitrogens with zero attached hydrogens (tertiary/aromatic N) is 2. The van der Waals surface area contributed by atoms with Gasteiger partial charge in [0.1, 0.15) is 11.5 Å². The van der Waals surface area contributed by atoms with Crippen LogP contribution in [-0.2, 0) is 0 Å². The van der Waals surface area contributed by atoms with E-state index in [1.165, 1.54) is 0 Å². The van der Waals surface area contributed by atoms with Crippen LogP contribution in [0.25, 0.3) is 11.3 Å². The Morgan fingerprint density at radius 1 is 1.12 bits per heavy atom. The van der Waals surface area contributed by atoms with Gasteiger partial charge in [-0.1, -0.05) is 19.1 Å². The van der Waals surface area contributed by atoms with Gasteiger partial charge in [0.2, 0.25) is 5.82 Å². The molecule has 0 aliphatic heterocycles. The van der Waals surface area contributed by atoms with E-state index in [4.69, 9.17) is 14.1 Å². The lowest BCUT2D eigenvalue weighted by Crippen LogP contribution is -2.14. The molecule has 1 heterocycles. The minimum atomic E-state index is -0.345. The first-order chi connectivity index (χ1) is 12.7. The molecule has 0 spiro atoms.